The van der Waals surface area contributed by atoms with Gasteiger partial charge >= 0.3 is 0 Å². The van der Waals surface area contributed by atoms with Gasteiger partial charge in [-0.1, -0.05) is 18.2 Å². The summed E-state index contributed by atoms with van der Waals surface area (Å²) in [5.74, 6) is -0.908. The van der Waals surface area contributed by atoms with Crippen molar-refractivity contribution in [3.05, 3.63) is 59.9 Å². The van der Waals surface area contributed by atoms with Crippen LogP contribution in [0.2, 0.25) is 0 Å². The number of piperidine rings is 1. The first kappa shape index (κ1) is 22.7. The van der Waals surface area contributed by atoms with E-state index in [1.54, 1.807) is 11.9 Å². The van der Waals surface area contributed by atoms with Gasteiger partial charge in [-0.05, 0) is 61.6 Å². The summed E-state index contributed by atoms with van der Waals surface area (Å²) in [6, 6.07) is 13.0. The maximum atomic E-state index is 13.2. The van der Waals surface area contributed by atoms with Gasteiger partial charge in [0.05, 0.1) is 10.8 Å². The number of hydrogen-bond donors (Lipinski definition) is 0. The average Bonchev–Trinajstić information content (AvgIpc) is 3.34. The number of rotatable bonds is 6. The minimum atomic E-state index is -3.76. The summed E-state index contributed by atoms with van der Waals surface area (Å²) in [6.07, 6.45) is 3.65. The van der Waals surface area contributed by atoms with Gasteiger partial charge in [0.1, 0.15) is 5.82 Å². The minimum absolute atomic E-state index is 0.0415. The standard InChI is InChI=1S/C24H30FN3O3S/c1-26(17-19-7-2-3-9-23(19)27-14-4-5-15-27)24(29)20-8-6-16-28(18-20)32(30,31)22-12-10-21(25)11-13-22/h2-3,7,9-13,20H,4-6,8,14-18H2,1H3. The first-order valence-electron chi connectivity index (χ1n) is 11.2. The predicted molar refractivity (Wildman–Crippen MR) is 122 cm³/mol. The van der Waals surface area contributed by atoms with E-state index >= 15 is 0 Å². The van der Waals surface area contributed by atoms with Gasteiger partial charge in [-0.2, -0.15) is 4.31 Å². The molecule has 1 amide bonds. The molecule has 2 aliphatic rings. The first-order chi connectivity index (χ1) is 15.4. The monoisotopic (exact) mass is 459 g/mol. The van der Waals surface area contributed by atoms with E-state index in [9.17, 15) is 17.6 Å². The molecule has 2 aliphatic heterocycles. The first-order valence-corrected chi connectivity index (χ1v) is 12.6. The van der Waals surface area contributed by atoms with Gasteiger partial charge in [-0.3, -0.25) is 4.79 Å². The number of hydrogen-bond acceptors (Lipinski definition) is 4. The largest absolute Gasteiger partial charge is 0.371 e. The topological polar surface area (TPSA) is 60.9 Å². The fraction of sp³-hybridized carbons (Fsp3) is 0.458. The van der Waals surface area contributed by atoms with E-state index in [4.69, 9.17) is 0 Å². The highest BCUT2D eigenvalue weighted by Crippen LogP contribution is 2.28. The molecule has 0 aromatic heterocycles. The molecular weight excluding hydrogens is 429 g/mol. The van der Waals surface area contributed by atoms with Crippen LogP contribution in [0.1, 0.15) is 31.2 Å². The lowest BCUT2D eigenvalue weighted by Gasteiger charge is -2.33. The smallest absolute Gasteiger partial charge is 0.243 e. The summed E-state index contributed by atoms with van der Waals surface area (Å²) in [4.78, 5) is 17.4. The van der Waals surface area contributed by atoms with Crippen molar-refractivity contribution in [1.29, 1.82) is 0 Å². The number of benzene rings is 2. The Morgan fingerprint density at radius 1 is 1.03 bits per heavy atom. The zero-order valence-corrected chi connectivity index (χ0v) is 19.2. The molecule has 2 heterocycles. The maximum absolute atomic E-state index is 13.2. The molecule has 4 rings (SSSR count). The van der Waals surface area contributed by atoms with E-state index in [0.29, 0.717) is 25.9 Å². The summed E-state index contributed by atoms with van der Waals surface area (Å²) in [5, 5.41) is 0. The number of carbonyl (C=O) groups excluding carboxylic acids is 1. The van der Waals surface area contributed by atoms with Crippen molar-refractivity contribution < 1.29 is 17.6 Å². The fourth-order valence-corrected chi connectivity index (χ4v) is 6.20. The molecule has 1 unspecified atom stereocenters. The molecule has 172 valence electrons. The molecule has 0 radical (unpaired) electrons. The van der Waals surface area contributed by atoms with Crippen LogP contribution >= 0.6 is 0 Å². The zero-order valence-electron chi connectivity index (χ0n) is 18.4. The van der Waals surface area contributed by atoms with E-state index in [2.05, 4.69) is 17.0 Å². The van der Waals surface area contributed by atoms with E-state index in [-0.39, 0.29) is 23.3 Å². The Morgan fingerprint density at radius 2 is 1.72 bits per heavy atom. The molecule has 0 bridgehead atoms. The normalized spacial score (nSPS) is 19.8. The van der Waals surface area contributed by atoms with Crippen LogP contribution in [0.3, 0.4) is 0 Å². The zero-order chi connectivity index (χ0) is 22.7. The van der Waals surface area contributed by atoms with Crippen LogP contribution in [0.25, 0.3) is 0 Å². The van der Waals surface area contributed by atoms with Crippen LogP contribution in [-0.4, -0.2) is 56.8 Å². The Morgan fingerprint density at radius 3 is 2.44 bits per heavy atom. The van der Waals surface area contributed by atoms with E-state index < -0.39 is 15.8 Å². The summed E-state index contributed by atoms with van der Waals surface area (Å²) in [6.45, 7) is 3.08. The lowest BCUT2D eigenvalue weighted by Crippen LogP contribution is -2.45. The lowest BCUT2D eigenvalue weighted by molar-refractivity contribution is -0.135. The number of nitrogens with zero attached hydrogens (tertiary/aromatic N) is 3. The molecule has 2 fully saturated rings. The van der Waals surface area contributed by atoms with Gasteiger partial charge in [0.25, 0.3) is 0 Å². The Balaban J connectivity index is 1.45. The highest BCUT2D eigenvalue weighted by atomic mass is 32.2. The van der Waals surface area contributed by atoms with Crippen molar-refractivity contribution in [3.63, 3.8) is 0 Å². The van der Waals surface area contributed by atoms with Gasteiger partial charge in [-0.25, -0.2) is 12.8 Å². The summed E-state index contributed by atoms with van der Waals surface area (Å²) in [5.41, 5.74) is 2.28. The molecule has 6 nitrogen and oxygen atoms in total. The van der Waals surface area contributed by atoms with Crippen LogP contribution in [0, 0.1) is 11.7 Å². The molecule has 0 spiro atoms. The summed E-state index contributed by atoms with van der Waals surface area (Å²) in [7, 11) is -1.97. The maximum Gasteiger partial charge on any atom is 0.243 e. The highest BCUT2D eigenvalue weighted by molar-refractivity contribution is 7.89. The molecule has 0 aliphatic carbocycles. The number of sulfonamides is 1. The summed E-state index contributed by atoms with van der Waals surface area (Å²) >= 11 is 0. The number of amides is 1. The van der Waals surface area contributed by atoms with Gasteiger partial charge in [0, 0.05) is 45.5 Å². The Labute approximate surface area is 189 Å². The molecule has 0 N–H and O–H groups in total. The van der Waals surface area contributed by atoms with Crippen LogP contribution < -0.4 is 4.90 Å². The molecule has 2 aromatic carbocycles. The SMILES string of the molecule is CN(Cc1ccccc1N1CCCC1)C(=O)C1CCCN(S(=O)(=O)c2ccc(F)cc2)C1. The van der Waals surface area contributed by atoms with Crippen molar-refractivity contribution in [1.82, 2.24) is 9.21 Å². The van der Waals surface area contributed by atoms with Crippen molar-refractivity contribution in [2.75, 3.05) is 38.1 Å². The summed E-state index contributed by atoms with van der Waals surface area (Å²) < 4.78 is 40.6. The minimum Gasteiger partial charge on any atom is -0.371 e. The molecule has 0 saturated carbocycles. The van der Waals surface area contributed by atoms with Crippen LogP contribution in [-0.2, 0) is 21.4 Å². The quantitative estimate of drug-likeness (QED) is 0.664. The van der Waals surface area contributed by atoms with Gasteiger partial charge in [0.15, 0.2) is 0 Å². The predicted octanol–water partition coefficient (Wildman–Crippen LogP) is 3.49. The van der Waals surface area contributed by atoms with Crippen molar-refractivity contribution in [3.8, 4) is 0 Å². The fourth-order valence-electron chi connectivity index (χ4n) is 4.67. The second kappa shape index (κ2) is 9.58. The molecular formula is C24H30FN3O3S. The third kappa shape index (κ3) is 4.81. The molecule has 8 heteroatoms. The van der Waals surface area contributed by atoms with E-state index in [1.165, 1.54) is 35.0 Å². The van der Waals surface area contributed by atoms with Gasteiger partial charge in [0.2, 0.25) is 15.9 Å². The van der Waals surface area contributed by atoms with Crippen LogP contribution in [0.15, 0.2) is 53.4 Å². The second-order valence-electron chi connectivity index (χ2n) is 8.67. The van der Waals surface area contributed by atoms with Crippen LogP contribution in [0.5, 0.6) is 0 Å². The molecule has 32 heavy (non-hydrogen) atoms. The van der Waals surface area contributed by atoms with E-state index in [0.717, 1.165) is 30.8 Å². The Hall–Kier alpha value is -2.45. The molecule has 2 aromatic rings. The van der Waals surface area contributed by atoms with Crippen LogP contribution in [0.4, 0.5) is 10.1 Å². The molecule has 2 saturated heterocycles. The van der Waals surface area contributed by atoms with Crippen molar-refractivity contribution in [2.24, 2.45) is 5.92 Å². The van der Waals surface area contributed by atoms with Crippen molar-refractivity contribution >= 4 is 21.6 Å². The average molecular weight is 460 g/mol. The third-order valence-corrected chi connectivity index (χ3v) is 8.29. The Bertz CT molecular complexity index is 1050. The second-order valence-corrected chi connectivity index (χ2v) is 10.6. The number of carbonyl (C=O) groups is 1. The van der Waals surface area contributed by atoms with Gasteiger partial charge < -0.3 is 9.80 Å². The van der Waals surface area contributed by atoms with Crippen molar-refractivity contribution in [2.45, 2.75) is 37.1 Å². The Kier molecular flexibility index (Phi) is 6.81. The van der Waals surface area contributed by atoms with Gasteiger partial charge in [-0.15, -0.1) is 0 Å². The molecule has 1 atom stereocenters. The number of halogens is 1. The number of para-hydroxylation sites is 1. The third-order valence-electron chi connectivity index (χ3n) is 6.41. The van der Waals surface area contributed by atoms with E-state index in [1.807, 2.05) is 12.1 Å². The highest BCUT2D eigenvalue weighted by Gasteiger charge is 2.34. The number of anilines is 1. The lowest BCUT2D eigenvalue weighted by atomic mass is 9.98.